The number of amides is 1. The van der Waals surface area contributed by atoms with E-state index in [4.69, 9.17) is 0 Å². The third kappa shape index (κ3) is 4.99. The fourth-order valence-corrected chi connectivity index (χ4v) is 1.88. The van der Waals surface area contributed by atoms with Crippen LogP contribution >= 0.6 is 15.9 Å². The number of carbonyl (C=O) groups excluding carboxylic acids is 2. The Balaban J connectivity index is 2.91. The molecule has 21 heavy (non-hydrogen) atoms. The molecule has 0 heterocycles. The van der Waals surface area contributed by atoms with Gasteiger partial charge in [0.2, 0.25) is 0 Å². The number of non-ortho nitro benzene ring substituents is 1. The van der Waals surface area contributed by atoms with Gasteiger partial charge in [0, 0.05) is 24.1 Å². The van der Waals surface area contributed by atoms with Crippen LogP contribution in [0.5, 0.6) is 0 Å². The number of rotatable bonds is 6. The summed E-state index contributed by atoms with van der Waals surface area (Å²) < 4.78 is 5.10. The van der Waals surface area contributed by atoms with E-state index in [1.54, 1.807) is 0 Å². The summed E-state index contributed by atoms with van der Waals surface area (Å²) in [5, 5.41) is 13.1. The number of methoxy groups -OCH3 is 1. The number of nitro groups is 1. The minimum Gasteiger partial charge on any atom is -0.467 e. The first-order chi connectivity index (χ1) is 9.85. The Labute approximate surface area is 129 Å². The number of nitro benzene ring substituents is 1. The molecule has 0 aromatic heterocycles. The molecule has 112 valence electrons. The van der Waals surface area contributed by atoms with E-state index in [-0.39, 0.29) is 17.7 Å². The Morgan fingerprint density at radius 1 is 1.52 bits per heavy atom. The average molecular weight is 357 g/mol. The molecule has 0 saturated heterocycles. The topological polar surface area (TPSA) is 98.5 Å². The summed E-state index contributed by atoms with van der Waals surface area (Å²) in [4.78, 5) is 33.7. The van der Waals surface area contributed by atoms with E-state index < -0.39 is 22.8 Å². The largest absolute Gasteiger partial charge is 0.467 e. The van der Waals surface area contributed by atoms with Crippen molar-refractivity contribution in [3.05, 3.63) is 51.0 Å². The zero-order valence-electron chi connectivity index (χ0n) is 11.2. The van der Waals surface area contributed by atoms with Crippen molar-refractivity contribution in [1.82, 2.24) is 5.32 Å². The van der Waals surface area contributed by atoms with Gasteiger partial charge in [-0.2, -0.15) is 0 Å². The van der Waals surface area contributed by atoms with Gasteiger partial charge in [0.15, 0.2) is 0 Å². The molecule has 1 aromatic carbocycles. The van der Waals surface area contributed by atoms with Crippen LogP contribution in [0.25, 0.3) is 0 Å². The Hall–Kier alpha value is -2.22. The summed E-state index contributed by atoms with van der Waals surface area (Å²) in [6, 6.07) is 4.29. The van der Waals surface area contributed by atoms with Crippen LogP contribution < -0.4 is 5.32 Å². The van der Waals surface area contributed by atoms with Crippen LogP contribution in [0, 0.1) is 10.1 Å². The molecule has 0 aliphatic rings. The van der Waals surface area contributed by atoms with Gasteiger partial charge in [-0.3, -0.25) is 14.9 Å². The molecule has 0 radical (unpaired) electrons. The number of hydrogen-bond donors (Lipinski definition) is 1. The predicted molar refractivity (Wildman–Crippen MR) is 79.1 cm³/mol. The molecule has 0 aliphatic heterocycles. The van der Waals surface area contributed by atoms with Gasteiger partial charge in [-0.15, -0.1) is 0 Å². The second-order valence-corrected chi connectivity index (χ2v) is 5.20. The van der Waals surface area contributed by atoms with E-state index in [0.29, 0.717) is 4.48 Å². The highest BCUT2D eigenvalue weighted by Gasteiger charge is 2.23. The summed E-state index contributed by atoms with van der Waals surface area (Å²) >= 11 is 3.11. The van der Waals surface area contributed by atoms with E-state index in [1.807, 2.05) is 0 Å². The summed E-state index contributed by atoms with van der Waals surface area (Å²) in [6.07, 6.45) is 0.146. The second-order valence-electron chi connectivity index (χ2n) is 4.08. The Morgan fingerprint density at radius 3 is 2.71 bits per heavy atom. The number of benzene rings is 1. The Bertz CT molecular complexity index is 588. The van der Waals surface area contributed by atoms with Crippen LogP contribution in [0.2, 0.25) is 0 Å². The van der Waals surface area contributed by atoms with E-state index >= 15 is 0 Å². The number of hydrogen-bond acceptors (Lipinski definition) is 5. The van der Waals surface area contributed by atoms with E-state index in [2.05, 4.69) is 32.6 Å². The summed E-state index contributed by atoms with van der Waals surface area (Å²) in [5.74, 6) is -1.24. The van der Waals surface area contributed by atoms with Crippen molar-refractivity contribution in [3.63, 3.8) is 0 Å². The fraction of sp³-hybridized carbons (Fsp3) is 0.231. The monoisotopic (exact) mass is 356 g/mol. The van der Waals surface area contributed by atoms with Crippen molar-refractivity contribution in [2.75, 3.05) is 7.11 Å². The number of esters is 1. The predicted octanol–water partition coefficient (Wildman–Crippen LogP) is 2.16. The lowest BCUT2D eigenvalue weighted by atomic mass is 10.1. The molecule has 1 rings (SSSR count). The first-order valence-corrected chi connectivity index (χ1v) is 6.61. The minimum atomic E-state index is -0.923. The maximum Gasteiger partial charge on any atom is 0.328 e. The molecular weight excluding hydrogens is 344 g/mol. The van der Waals surface area contributed by atoms with Crippen LogP contribution in [0.1, 0.15) is 16.8 Å². The van der Waals surface area contributed by atoms with Gasteiger partial charge in [0.05, 0.1) is 12.0 Å². The lowest BCUT2D eigenvalue weighted by Gasteiger charge is -2.15. The number of ether oxygens (including phenoxy) is 1. The standard InChI is InChI=1S/C13H13BrN2O5/c1-8(14)6-11(13(18)21-2)15-12(17)9-4-3-5-10(7-9)16(19)20/h3-5,7,11H,1,6H2,2H3,(H,15,17)/t11-/m1/s1. The smallest absolute Gasteiger partial charge is 0.328 e. The van der Waals surface area contributed by atoms with E-state index in [1.165, 1.54) is 25.3 Å². The van der Waals surface area contributed by atoms with Gasteiger partial charge in [-0.1, -0.05) is 28.6 Å². The van der Waals surface area contributed by atoms with Gasteiger partial charge in [0.25, 0.3) is 11.6 Å². The van der Waals surface area contributed by atoms with Gasteiger partial charge < -0.3 is 10.1 Å². The average Bonchev–Trinajstić information content (AvgIpc) is 2.45. The highest BCUT2D eigenvalue weighted by atomic mass is 79.9. The Kier molecular flexibility index (Phi) is 6.04. The number of carbonyl (C=O) groups is 2. The lowest BCUT2D eigenvalue weighted by molar-refractivity contribution is -0.384. The molecule has 8 heteroatoms. The first kappa shape index (κ1) is 16.8. The molecule has 1 atom stereocenters. The molecule has 0 saturated carbocycles. The summed E-state index contributed by atoms with van der Waals surface area (Å²) in [5.41, 5.74) is -0.125. The van der Waals surface area contributed by atoms with Gasteiger partial charge in [-0.05, 0) is 10.5 Å². The van der Waals surface area contributed by atoms with Crippen molar-refractivity contribution < 1.29 is 19.2 Å². The second kappa shape index (κ2) is 7.53. The molecular formula is C13H13BrN2O5. The van der Waals surface area contributed by atoms with Crippen LogP contribution in [0.15, 0.2) is 35.3 Å². The third-order valence-electron chi connectivity index (χ3n) is 2.54. The zero-order valence-corrected chi connectivity index (χ0v) is 12.8. The molecule has 1 amide bonds. The zero-order chi connectivity index (χ0) is 16.0. The molecule has 7 nitrogen and oxygen atoms in total. The minimum absolute atomic E-state index is 0.0817. The van der Waals surface area contributed by atoms with Crippen LogP contribution in [0.3, 0.4) is 0 Å². The van der Waals surface area contributed by atoms with E-state index in [0.717, 1.165) is 6.07 Å². The molecule has 0 spiro atoms. The normalized spacial score (nSPS) is 11.3. The van der Waals surface area contributed by atoms with Crippen molar-refractivity contribution in [2.45, 2.75) is 12.5 Å². The van der Waals surface area contributed by atoms with Crippen molar-refractivity contribution in [1.29, 1.82) is 0 Å². The van der Waals surface area contributed by atoms with Crippen molar-refractivity contribution >= 4 is 33.5 Å². The molecule has 1 N–H and O–H groups in total. The highest BCUT2D eigenvalue weighted by molar-refractivity contribution is 9.11. The lowest BCUT2D eigenvalue weighted by Crippen LogP contribution is -2.41. The summed E-state index contributed by atoms with van der Waals surface area (Å²) in [6.45, 7) is 3.60. The van der Waals surface area contributed by atoms with Crippen molar-refractivity contribution in [2.24, 2.45) is 0 Å². The van der Waals surface area contributed by atoms with Crippen LogP contribution in [-0.4, -0.2) is 30.0 Å². The van der Waals surface area contributed by atoms with Crippen molar-refractivity contribution in [3.8, 4) is 0 Å². The number of halogens is 1. The van der Waals surface area contributed by atoms with Gasteiger partial charge in [-0.25, -0.2) is 4.79 Å². The highest BCUT2D eigenvalue weighted by Crippen LogP contribution is 2.15. The fourth-order valence-electron chi connectivity index (χ4n) is 1.56. The molecule has 0 unspecified atom stereocenters. The first-order valence-electron chi connectivity index (χ1n) is 5.81. The van der Waals surface area contributed by atoms with Gasteiger partial charge >= 0.3 is 5.97 Å². The maximum absolute atomic E-state index is 12.0. The molecule has 0 bridgehead atoms. The SMILES string of the molecule is C=C(Br)C[C@@H](NC(=O)c1cccc([N+](=O)[O-])c1)C(=O)OC. The molecule has 0 aliphatic carbocycles. The Morgan fingerprint density at radius 2 is 2.19 bits per heavy atom. The van der Waals surface area contributed by atoms with E-state index in [9.17, 15) is 19.7 Å². The van der Waals surface area contributed by atoms with Crippen LogP contribution in [0.4, 0.5) is 5.69 Å². The molecule has 1 aromatic rings. The van der Waals surface area contributed by atoms with Gasteiger partial charge in [0.1, 0.15) is 6.04 Å². The maximum atomic E-state index is 12.0. The molecule has 0 fully saturated rings. The number of nitrogens with one attached hydrogen (secondary N) is 1. The third-order valence-corrected chi connectivity index (χ3v) is 2.86. The quantitative estimate of drug-likeness (QED) is 0.478. The number of nitrogens with zero attached hydrogens (tertiary/aromatic N) is 1. The summed E-state index contributed by atoms with van der Waals surface area (Å²) in [7, 11) is 1.20. The van der Waals surface area contributed by atoms with Crippen LogP contribution in [-0.2, 0) is 9.53 Å².